The lowest BCUT2D eigenvalue weighted by molar-refractivity contribution is -0.384. The normalized spacial score (nSPS) is 10.3. The molecule has 1 amide bonds. The third-order valence-electron chi connectivity index (χ3n) is 3.30. The van der Waals surface area contributed by atoms with E-state index in [2.05, 4.69) is 5.32 Å². The fourth-order valence-corrected chi connectivity index (χ4v) is 2.74. The van der Waals surface area contributed by atoms with Crippen LogP contribution in [0.2, 0.25) is 0 Å². The number of nitro benzene ring substituents is 1. The average Bonchev–Trinajstić information content (AvgIpc) is 3.10. The zero-order chi connectivity index (χ0) is 16.2. The number of rotatable bonds is 4. The van der Waals surface area contributed by atoms with Gasteiger partial charge in [-0.05, 0) is 46.8 Å². The lowest BCUT2D eigenvalue weighted by atomic mass is 10.1. The molecule has 23 heavy (non-hydrogen) atoms. The lowest BCUT2D eigenvalue weighted by Gasteiger charge is -2.06. The van der Waals surface area contributed by atoms with Crippen molar-refractivity contribution in [2.45, 2.75) is 0 Å². The number of carbonyl (C=O) groups is 1. The molecule has 3 rings (SSSR count). The van der Waals surface area contributed by atoms with Crippen LogP contribution in [-0.4, -0.2) is 10.8 Å². The summed E-state index contributed by atoms with van der Waals surface area (Å²) < 4.78 is 0. The van der Waals surface area contributed by atoms with Crippen LogP contribution in [0.1, 0.15) is 9.67 Å². The van der Waals surface area contributed by atoms with Gasteiger partial charge in [0.1, 0.15) is 0 Å². The predicted molar refractivity (Wildman–Crippen MR) is 90.8 cm³/mol. The van der Waals surface area contributed by atoms with E-state index in [1.54, 1.807) is 18.2 Å². The minimum atomic E-state index is -0.424. The highest BCUT2D eigenvalue weighted by Crippen LogP contribution is 2.24. The number of nitro groups is 1. The minimum absolute atomic E-state index is 0.0635. The average molecular weight is 324 g/mol. The molecule has 1 heterocycles. The van der Waals surface area contributed by atoms with Crippen molar-refractivity contribution in [3.05, 3.63) is 81.0 Å². The van der Waals surface area contributed by atoms with Crippen LogP contribution in [-0.2, 0) is 0 Å². The Bertz CT molecular complexity index is 825. The largest absolute Gasteiger partial charge is 0.321 e. The summed E-state index contributed by atoms with van der Waals surface area (Å²) in [5.41, 5.74) is 2.57. The Labute approximate surface area is 136 Å². The number of anilines is 1. The van der Waals surface area contributed by atoms with Gasteiger partial charge in [0, 0.05) is 17.8 Å². The summed E-state index contributed by atoms with van der Waals surface area (Å²) in [4.78, 5) is 22.9. The smallest absolute Gasteiger partial charge is 0.269 e. The van der Waals surface area contributed by atoms with Crippen molar-refractivity contribution in [3.63, 3.8) is 0 Å². The maximum atomic E-state index is 12.0. The van der Waals surface area contributed by atoms with Crippen LogP contribution in [0.5, 0.6) is 0 Å². The molecular formula is C17H12N2O3S. The third kappa shape index (κ3) is 3.44. The molecule has 5 nitrogen and oxygen atoms in total. The molecule has 0 aliphatic rings. The second-order valence-electron chi connectivity index (χ2n) is 4.81. The molecule has 0 unspecified atom stereocenters. The summed E-state index contributed by atoms with van der Waals surface area (Å²) in [6.45, 7) is 0. The lowest BCUT2D eigenvalue weighted by Crippen LogP contribution is -2.09. The van der Waals surface area contributed by atoms with Gasteiger partial charge in [-0.15, -0.1) is 11.3 Å². The van der Waals surface area contributed by atoms with Gasteiger partial charge in [-0.3, -0.25) is 14.9 Å². The number of benzene rings is 2. The molecule has 0 spiro atoms. The number of nitrogens with zero attached hydrogens (tertiary/aromatic N) is 1. The van der Waals surface area contributed by atoms with Crippen molar-refractivity contribution >= 4 is 28.6 Å². The van der Waals surface area contributed by atoms with Crippen molar-refractivity contribution in [2.75, 3.05) is 5.32 Å². The molecule has 0 bridgehead atoms. The highest BCUT2D eigenvalue weighted by molar-refractivity contribution is 7.12. The van der Waals surface area contributed by atoms with Gasteiger partial charge in [-0.25, -0.2) is 0 Å². The van der Waals surface area contributed by atoms with Gasteiger partial charge in [0.2, 0.25) is 0 Å². The number of amides is 1. The van der Waals surface area contributed by atoms with Gasteiger partial charge in [-0.1, -0.05) is 18.2 Å². The first-order valence-electron chi connectivity index (χ1n) is 6.83. The number of non-ortho nitro benzene ring substituents is 1. The maximum absolute atomic E-state index is 12.0. The summed E-state index contributed by atoms with van der Waals surface area (Å²) in [5, 5.41) is 15.3. The molecule has 6 heteroatoms. The minimum Gasteiger partial charge on any atom is -0.321 e. The number of hydrogen-bond acceptors (Lipinski definition) is 4. The Kier molecular flexibility index (Phi) is 4.16. The maximum Gasteiger partial charge on any atom is 0.269 e. The quantitative estimate of drug-likeness (QED) is 0.564. The molecule has 0 radical (unpaired) electrons. The van der Waals surface area contributed by atoms with Crippen LogP contribution >= 0.6 is 11.3 Å². The number of hydrogen-bond donors (Lipinski definition) is 1. The van der Waals surface area contributed by atoms with Crippen molar-refractivity contribution in [1.29, 1.82) is 0 Å². The Hall–Kier alpha value is -2.99. The topological polar surface area (TPSA) is 72.2 Å². The third-order valence-corrected chi connectivity index (χ3v) is 4.17. The Morgan fingerprint density at radius 1 is 0.957 bits per heavy atom. The molecule has 0 saturated carbocycles. The fourth-order valence-electron chi connectivity index (χ4n) is 2.12. The SMILES string of the molecule is O=C(Nc1ccc(-c2ccc([N+](=O)[O-])cc2)cc1)c1cccs1. The molecule has 0 aliphatic carbocycles. The van der Waals surface area contributed by atoms with E-state index in [4.69, 9.17) is 0 Å². The summed E-state index contributed by atoms with van der Waals surface area (Å²) in [7, 11) is 0. The zero-order valence-electron chi connectivity index (χ0n) is 11.9. The van der Waals surface area contributed by atoms with Crippen LogP contribution in [0.3, 0.4) is 0 Å². The van der Waals surface area contributed by atoms with E-state index in [9.17, 15) is 14.9 Å². The van der Waals surface area contributed by atoms with E-state index >= 15 is 0 Å². The highest BCUT2D eigenvalue weighted by Gasteiger charge is 2.08. The second-order valence-corrected chi connectivity index (χ2v) is 5.76. The first-order valence-corrected chi connectivity index (χ1v) is 7.71. The number of nitrogens with one attached hydrogen (secondary N) is 1. The molecule has 0 fully saturated rings. The van der Waals surface area contributed by atoms with Crippen LogP contribution in [0.4, 0.5) is 11.4 Å². The van der Waals surface area contributed by atoms with E-state index in [1.807, 2.05) is 35.7 Å². The second kappa shape index (κ2) is 6.41. The molecule has 2 aromatic carbocycles. The number of thiophene rings is 1. The van der Waals surface area contributed by atoms with E-state index < -0.39 is 4.92 Å². The zero-order valence-corrected chi connectivity index (χ0v) is 12.7. The van der Waals surface area contributed by atoms with Crippen molar-refractivity contribution < 1.29 is 9.72 Å². The van der Waals surface area contributed by atoms with Crippen LogP contribution in [0.25, 0.3) is 11.1 Å². The van der Waals surface area contributed by atoms with Crippen molar-refractivity contribution in [3.8, 4) is 11.1 Å². The van der Waals surface area contributed by atoms with Crippen LogP contribution in [0.15, 0.2) is 66.0 Å². The molecule has 114 valence electrons. The summed E-state index contributed by atoms with van der Waals surface area (Å²) >= 11 is 1.39. The molecule has 0 saturated heterocycles. The van der Waals surface area contributed by atoms with Gasteiger partial charge >= 0.3 is 0 Å². The van der Waals surface area contributed by atoms with Crippen LogP contribution < -0.4 is 5.32 Å². The Morgan fingerprint density at radius 3 is 2.09 bits per heavy atom. The fraction of sp³-hybridized carbons (Fsp3) is 0. The molecule has 0 atom stereocenters. The van der Waals surface area contributed by atoms with Gasteiger partial charge in [0.15, 0.2) is 0 Å². The van der Waals surface area contributed by atoms with Crippen molar-refractivity contribution in [2.24, 2.45) is 0 Å². The Morgan fingerprint density at radius 2 is 1.57 bits per heavy atom. The van der Waals surface area contributed by atoms with E-state index in [-0.39, 0.29) is 11.6 Å². The predicted octanol–water partition coefficient (Wildman–Crippen LogP) is 4.58. The molecule has 1 N–H and O–H groups in total. The van der Waals surface area contributed by atoms with Crippen LogP contribution in [0, 0.1) is 10.1 Å². The summed E-state index contributed by atoms with van der Waals surface area (Å²) in [6.07, 6.45) is 0. The van der Waals surface area contributed by atoms with Gasteiger partial charge in [0.05, 0.1) is 9.80 Å². The summed E-state index contributed by atoms with van der Waals surface area (Å²) in [5.74, 6) is -0.136. The monoisotopic (exact) mass is 324 g/mol. The van der Waals surface area contributed by atoms with Gasteiger partial charge in [0.25, 0.3) is 11.6 Å². The van der Waals surface area contributed by atoms with E-state index in [0.717, 1.165) is 11.1 Å². The first-order chi connectivity index (χ1) is 11.1. The molecule has 0 aliphatic heterocycles. The Balaban J connectivity index is 1.74. The van der Waals surface area contributed by atoms with Gasteiger partial charge < -0.3 is 5.32 Å². The first kappa shape index (κ1) is 14.9. The summed E-state index contributed by atoms with van der Waals surface area (Å²) in [6, 6.07) is 17.3. The molecule has 3 aromatic rings. The van der Waals surface area contributed by atoms with Crippen molar-refractivity contribution in [1.82, 2.24) is 0 Å². The molecular weight excluding hydrogens is 312 g/mol. The standard InChI is InChI=1S/C17H12N2O3S/c20-17(16-2-1-11-23-16)18-14-7-3-12(4-8-14)13-5-9-15(10-6-13)19(21)22/h1-11H,(H,18,20). The van der Waals surface area contributed by atoms with E-state index in [1.165, 1.54) is 23.5 Å². The molecule has 1 aromatic heterocycles. The highest BCUT2D eigenvalue weighted by atomic mass is 32.1. The number of carbonyl (C=O) groups excluding carboxylic acids is 1. The van der Waals surface area contributed by atoms with E-state index in [0.29, 0.717) is 10.6 Å². The van der Waals surface area contributed by atoms with Gasteiger partial charge in [-0.2, -0.15) is 0 Å².